The molecule has 0 aliphatic carbocycles. The smallest absolute Gasteiger partial charge is 0.322 e. The number of nitrogens with one attached hydrogen (secondary N) is 1. The molecule has 1 aromatic heterocycles. The molecule has 1 aliphatic rings. The molecule has 1 atom stereocenters. The molecule has 4 aromatic rings. The van der Waals surface area contributed by atoms with Crippen molar-refractivity contribution in [3.63, 3.8) is 0 Å². The summed E-state index contributed by atoms with van der Waals surface area (Å²) < 4.78 is 0. The largest absolute Gasteiger partial charge is 0.351 e. The monoisotopic (exact) mass is 518 g/mol. The van der Waals surface area contributed by atoms with Crippen LogP contribution in [0.25, 0.3) is 22.0 Å². The summed E-state index contributed by atoms with van der Waals surface area (Å²) in [6.45, 7) is 3.89. The minimum absolute atomic E-state index is 0. The van der Waals surface area contributed by atoms with Crippen molar-refractivity contribution in [2.45, 2.75) is 13.0 Å². The molecule has 1 fully saturated rings. The number of hydrogen-bond donors (Lipinski definition) is 1. The number of rotatable bonds is 3. The Morgan fingerprint density at radius 2 is 1.69 bits per heavy atom. The predicted molar refractivity (Wildman–Crippen MR) is 146 cm³/mol. The molecule has 1 N–H and O–H groups in total. The first-order valence-corrected chi connectivity index (χ1v) is 11.8. The maximum Gasteiger partial charge on any atom is 0.322 e. The van der Waals surface area contributed by atoms with E-state index in [1.807, 2.05) is 42.2 Å². The van der Waals surface area contributed by atoms with Crippen molar-refractivity contribution in [2.75, 3.05) is 29.9 Å². The van der Waals surface area contributed by atoms with Crippen LogP contribution < -0.4 is 10.2 Å². The van der Waals surface area contributed by atoms with Crippen molar-refractivity contribution >= 4 is 52.3 Å². The molecule has 2 heterocycles. The van der Waals surface area contributed by atoms with Crippen LogP contribution in [0.4, 0.5) is 16.3 Å². The topological polar surface area (TPSA) is 85.2 Å². The number of hydrogen-bond acceptors (Lipinski definition) is 5. The highest BCUT2D eigenvalue weighted by Crippen LogP contribution is 2.32. The second kappa shape index (κ2) is 10.8. The van der Waals surface area contributed by atoms with Gasteiger partial charge in [-0.3, -0.25) is 0 Å². The third-order valence-corrected chi connectivity index (χ3v) is 6.49. The minimum atomic E-state index is -0.133. The third-order valence-electron chi connectivity index (χ3n) is 6.24. The number of carbonyl (C=O) groups is 1. The van der Waals surface area contributed by atoms with Gasteiger partial charge in [-0.2, -0.15) is 5.26 Å². The maximum absolute atomic E-state index is 12.9. The second-order valence-corrected chi connectivity index (χ2v) is 8.97. The van der Waals surface area contributed by atoms with E-state index < -0.39 is 0 Å². The van der Waals surface area contributed by atoms with Crippen LogP contribution in [-0.2, 0) is 0 Å². The van der Waals surface area contributed by atoms with Gasteiger partial charge in [0.25, 0.3) is 0 Å². The van der Waals surface area contributed by atoms with Crippen LogP contribution in [0.2, 0.25) is 5.02 Å². The molecule has 0 saturated carbocycles. The van der Waals surface area contributed by atoms with E-state index in [0.717, 1.165) is 27.8 Å². The van der Waals surface area contributed by atoms with Gasteiger partial charge >= 0.3 is 6.03 Å². The number of nitriles is 1. The fraction of sp³-hybridized carbons (Fsp3) is 0.185. The zero-order chi connectivity index (χ0) is 24.4. The van der Waals surface area contributed by atoms with Gasteiger partial charge in [0.2, 0.25) is 0 Å². The number of benzene rings is 3. The zero-order valence-electron chi connectivity index (χ0n) is 19.6. The number of piperazine rings is 1. The summed E-state index contributed by atoms with van der Waals surface area (Å²) in [5.41, 5.74) is 3.01. The van der Waals surface area contributed by atoms with Crippen LogP contribution >= 0.6 is 24.0 Å². The number of fused-ring (bicyclic) bond motifs is 1. The number of urea groups is 1. The molecule has 5 rings (SSSR count). The van der Waals surface area contributed by atoms with Gasteiger partial charge in [-0.25, -0.2) is 4.79 Å². The lowest BCUT2D eigenvalue weighted by Gasteiger charge is -2.40. The Morgan fingerprint density at radius 3 is 2.36 bits per heavy atom. The number of nitrogens with zero attached hydrogens (tertiary/aromatic N) is 5. The van der Waals surface area contributed by atoms with E-state index in [0.29, 0.717) is 35.9 Å². The Bertz CT molecular complexity index is 1420. The van der Waals surface area contributed by atoms with Crippen molar-refractivity contribution in [3.8, 4) is 17.3 Å². The van der Waals surface area contributed by atoms with E-state index in [9.17, 15) is 4.79 Å². The zero-order valence-corrected chi connectivity index (χ0v) is 21.1. The highest BCUT2D eigenvalue weighted by molar-refractivity contribution is 6.30. The van der Waals surface area contributed by atoms with Gasteiger partial charge in [-0.15, -0.1) is 22.6 Å². The SMILES string of the molecule is CC1CN(c2nnc(-c3ccc(C#N)cc3)c3ccccc23)CCN1C(=O)Nc1ccc(Cl)cc1.Cl. The fourth-order valence-electron chi connectivity index (χ4n) is 4.42. The molecule has 0 spiro atoms. The highest BCUT2D eigenvalue weighted by Gasteiger charge is 2.29. The van der Waals surface area contributed by atoms with Crippen LogP contribution in [0, 0.1) is 11.3 Å². The van der Waals surface area contributed by atoms with Gasteiger partial charge in [0.05, 0.1) is 11.6 Å². The van der Waals surface area contributed by atoms with Crippen molar-refractivity contribution in [2.24, 2.45) is 0 Å². The molecule has 3 aromatic carbocycles. The summed E-state index contributed by atoms with van der Waals surface area (Å²) >= 11 is 5.94. The van der Waals surface area contributed by atoms with Gasteiger partial charge in [0.1, 0.15) is 5.69 Å². The number of amides is 2. The van der Waals surface area contributed by atoms with Crippen molar-refractivity contribution in [1.29, 1.82) is 5.26 Å². The standard InChI is InChI=1S/C27H23ClN6O.ClH/c1-18-17-33(14-15-34(18)27(35)30-22-12-10-21(28)11-13-22)26-24-5-3-2-4-23(24)25(31-32-26)20-8-6-19(16-29)7-9-20;/h2-13,18H,14-15,17H2,1H3,(H,30,35);1H. The van der Waals surface area contributed by atoms with Crippen LogP contribution in [0.3, 0.4) is 0 Å². The molecule has 1 unspecified atom stereocenters. The van der Waals surface area contributed by atoms with E-state index in [1.54, 1.807) is 36.4 Å². The molecule has 1 aliphatic heterocycles. The Hall–Kier alpha value is -3.86. The van der Waals surface area contributed by atoms with Crippen molar-refractivity contribution < 1.29 is 4.79 Å². The van der Waals surface area contributed by atoms with Crippen LogP contribution in [0.15, 0.2) is 72.8 Å². The van der Waals surface area contributed by atoms with Gasteiger partial charge in [0.15, 0.2) is 5.82 Å². The van der Waals surface area contributed by atoms with Crippen LogP contribution in [0.1, 0.15) is 12.5 Å². The molecule has 2 amide bonds. The summed E-state index contributed by atoms with van der Waals surface area (Å²) in [4.78, 5) is 16.9. The summed E-state index contributed by atoms with van der Waals surface area (Å²) in [5.74, 6) is 0.808. The maximum atomic E-state index is 12.9. The first-order chi connectivity index (χ1) is 17.0. The minimum Gasteiger partial charge on any atom is -0.351 e. The lowest BCUT2D eigenvalue weighted by molar-refractivity contribution is 0.184. The summed E-state index contributed by atoms with van der Waals surface area (Å²) in [6.07, 6.45) is 0. The third kappa shape index (κ3) is 5.06. The lowest BCUT2D eigenvalue weighted by Crippen LogP contribution is -2.55. The number of halogens is 2. The molecule has 182 valence electrons. The van der Waals surface area contributed by atoms with Gasteiger partial charge < -0.3 is 15.1 Å². The van der Waals surface area contributed by atoms with Crippen LogP contribution in [0.5, 0.6) is 0 Å². The molecule has 1 saturated heterocycles. The van der Waals surface area contributed by atoms with Crippen LogP contribution in [-0.4, -0.2) is 46.8 Å². The highest BCUT2D eigenvalue weighted by atomic mass is 35.5. The Labute approximate surface area is 220 Å². The average Bonchev–Trinajstić information content (AvgIpc) is 2.89. The number of aromatic nitrogens is 2. The summed E-state index contributed by atoms with van der Waals surface area (Å²) in [6, 6.07) is 24.5. The quantitative estimate of drug-likeness (QED) is 0.360. The molecular weight excluding hydrogens is 495 g/mol. The van der Waals surface area contributed by atoms with Crippen molar-refractivity contribution in [1.82, 2.24) is 15.1 Å². The predicted octanol–water partition coefficient (Wildman–Crippen LogP) is 5.99. The van der Waals surface area contributed by atoms with Gasteiger partial charge in [0, 0.05) is 52.7 Å². The Balaban J connectivity index is 0.00000304. The number of carbonyl (C=O) groups excluding carboxylic acids is 1. The van der Waals surface area contributed by atoms with E-state index in [-0.39, 0.29) is 24.5 Å². The number of anilines is 2. The molecule has 0 bridgehead atoms. The summed E-state index contributed by atoms with van der Waals surface area (Å²) in [7, 11) is 0. The first kappa shape index (κ1) is 25.2. The fourth-order valence-corrected chi connectivity index (χ4v) is 4.55. The molecule has 0 radical (unpaired) electrons. The second-order valence-electron chi connectivity index (χ2n) is 8.53. The van der Waals surface area contributed by atoms with E-state index in [4.69, 9.17) is 16.9 Å². The first-order valence-electron chi connectivity index (χ1n) is 11.4. The molecule has 7 nitrogen and oxygen atoms in total. The van der Waals surface area contributed by atoms with E-state index in [1.165, 1.54) is 0 Å². The molecular formula is C27H24Cl2N6O. The Morgan fingerprint density at radius 1 is 1.00 bits per heavy atom. The molecule has 36 heavy (non-hydrogen) atoms. The normalized spacial score (nSPS) is 15.2. The summed E-state index contributed by atoms with van der Waals surface area (Å²) in [5, 5.41) is 23.9. The van der Waals surface area contributed by atoms with E-state index in [2.05, 4.69) is 32.5 Å². The van der Waals surface area contributed by atoms with Crippen molar-refractivity contribution in [3.05, 3.63) is 83.4 Å². The van der Waals surface area contributed by atoms with E-state index >= 15 is 0 Å². The lowest BCUT2D eigenvalue weighted by atomic mass is 10.0. The van der Waals surface area contributed by atoms with Gasteiger partial charge in [-0.1, -0.05) is 48.0 Å². The average molecular weight is 519 g/mol. The Kier molecular flexibility index (Phi) is 7.58. The molecule has 9 heteroatoms. The van der Waals surface area contributed by atoms with Gasteiger partial charge in [-0.05, 0) is 43.3 Å².